The summed E-state index contributed by atoms with van der Waals surface area (Å²) >= 11 is 0. The molecule has 0 spiro atoms. The highest BCUT2D eigenvalue weighted by molar-refractivity contribution is 5.94. The summed E-state index contributed by atoms with van der Waals surface area (Å²) in [6.45, 7) is 10.3. The second-order valence-electron chi connectivity index (χ2n) is 10.8. The molecule has 0 bridgehead atoms. The second kappa shape index (κ2) is 10.3. The van der Waals surface area contributed by atoms with Crippen molar-refractivity contribution in [3.05, 3.63) is 83.8 Å². The van der Waals surface area contributed by atoms with Gasteiger partial charge in [-0.1, -0.05) is 6.58 Å². The number of carbonyl (C=O) groups is 1. The van der Waals surface area contributed by atoms with Crippen LogP contribution < -0.4 is 15.2 Å². The summed E-state index contributed by atoms with van der Waals surface area (Å²) in [5.74, 6) is -1.12. The van der Waals surface area contributed by atoms with E-state index in [1.54, 1.807) is 18.3 Å². The number of nitrogens with zero attached hydrogens (tertiary/aromatic N) is 4. The van der Waals surface area contributed by atoms with Crippen molar-refractivity contribution >= 4 is 11.6 Å². The van der Waals surface area contributed by atoms with Gasteiger partial charge in [0.1, 0.15) is 35.4 Å². The van der Waals surface area contributed by atoms with Gasteiger partial charge in [-0.15, -0.1) is 0 Å². The molecule has 9 nitrogen and oxygen atoms in total. The summed E-state index contributed by atoms with van der Waals surface area (Å²) in [4.78, 5) is 18.2. The lowest BCUT2D eigenvalue weighted by Gasteiger charge is -2.44. The van der Waals surface area contributed by atoms with E-state index in [0.29, 0.717) is 70.6 Å². The van der Waals surface area contributed by atoms with Crippen molar-refractivity contribution in [2.24, 2.45) is 5.73 Å². The number of nitrogens with two attached hydrogens (primary N) is 1. The van der Waals surface area contributed by atoms with Crippen LogP contribution in [0.15, 0.2) is 55.4 Å². The molecule has 0 aliphatic carbocycles. The molecule has 216 valence electrons. The van der Waals surface area contributed by atoms with E-state index in [9.17, 15) is 13.6 Å². The van der Waals surface area contributed by atoms with Crippen LogP contribution in [0.1, 0.15) is 35.5 Å². The summed E-state index contributed by atoms with van der Waals surface area (Å²) in [6, 6.07) is 8.44. The number of aromatic nitrogens is 3. The number of fused-ring (bicyclic) bond motifs is 3. The van der Waals surface area contributed by atoms with E-state index in [1.807, 2.05) is 6.07 Å². The number of primary amides is 1. The normalized spacial score (nSPS) is 15.4. The summed E-state index contributed by atoms with van der Waals surface area (Å²) in [7, 11) is 1.52. The van der Waals surface area contributed by atoms with Crippen LogP contribution >= 0.6 is 0 Å². The Labute approximate surface area is 241 Å². The summed E-state index contributed by atoms with van der Waals surface area (Å²) in [5.41, 5.74) is 9.87. The van der Waals surface area contributed by atoms with E-state index in [4.69, 9.17) is 25.0 Å². The van der Waals surface area contributed by atoms with E-state index >= 15 is 0 Å². The number of ether oxygens (including phenoxy) is 3. The predicted octanol–water partition coefficient (Wildman–Crippen LogP) is 4.96. The highest BCUT2D eigenvalue weighted by Crippen LogP contribution is 2.47. The van der Waals surface area contributed by atoms with Crippen molar-refractivity contribution in [1.29, 1.82) is 0 Å². The number of morpholine rings is 1. The SMILES string of the molecule is C=C(c1nn(-c2cc(F)cc(F)c2)c2c1COc1cc(OC)c(-c3cncc(C(N)=O)c3)cc1-2)N1CCOCC1(C)C. The highest BCUT2D eigenvalue weighted by atomic mass is 19.1. The van der Waals surface area contributed by atoms with Gasteiger partial charge in [-0.2, -0.15) is 5.10 Å². The van der Waals surface area contributed by atoms with Crippen LogP contribution in [0.4, 0.5) is 8.78 Å². The van der Waals surface area contributed by atoms with Crippen LogP contribution in [0.3, 0.4) is 0 Å². The lowest BCUT2D eigenvalue weighted by atomic mass is 9.95. The molecule has 0 radical (unpaired) electrons. The lowest BCUT2D eigenvalue weighted by Crippen LogP contribution is -2.51. The Hall–Kier alpha value is -4.77. The first-order valence-corrected chi connectivity index (χ1v) is 13.3. The van der Waals surface area contributed by atoms with Gasteiger partial charge in [0.15, 0.2) is 0 Å². The molecular weight excluding hydrogens is 544 g/mol. The monoisotopic (exact) mass is 573 g/mol. The maximum atomic E-state index is 14.5. The highest BCUT2D eigenvalue weighted by Gasteiger charge is 2.36. The third-order valence-corrected chi connectivity index (χ3v) is 7.58. The minimum atomic E-state index is -0.735. The van der Waals surface area contributed by atoms with Gasteiger partial charge in [0.05, 0.1) is 48.5 Å². The van der Waals surface area contributed by atoms with E-state index in [2.05, 4.69) is 30.3 Å². The van der Waals surface area contributed by atoms with Gasteiger partial charge in [-0.25, -0.2) is 13.5 Å². The molecule has 0 unspecified atom stereocenters. The number of halogens is 2. The number of hydrogen-bond acceptors (Lipinski definition) is 7. The molecule has 11 heteroatoms. The predicted molar refractivity (Wildman–Crippen MR) is 152 cm³/mol. The molecule has 4 aromatic rings. The fourth-order valence-corrected chi connectivity index (χ4v) is 5.56. The molecule has 2 aliphatic heterocycles. The Morgan fingerprint density at radius 2 is 1.86 bits per heavy atom. The minimum absolute atomic E-state index is 0.139. The summed E-state index contributed by atoms with van der Waals surface area (Å²) < 4.78 is 48.1. The fraction of sp³-hybridized carbons (Fsp3) is 0.258. The molecule has 0 saturated carbocycles. The van der Waals surface area contributed by atoms with Crippen LogP contribution in [0, 0.1) is 11.6 Å². The Bertz CT molecular complexity index is 1730. The minimum Gasteiger partial charge on any atom is -0.496 e. The number of benzene rings is 2. The van der Waals surface area contributed by atoms with Gasteiger partial charge in [-0.3, -0.25) is 9.78 Å². The molecule has 6 rings (SSSR count). The zero-order valence-electron chi connectivity index (χ0n) is 23.4. The van der Waals surface area contributed by atoms with Crippen molar-refractivity contribution in [3.63, 3.8) is 0 Å². The Balaban J connectivity index is 1.59. The van der Waals surface area contributed by atoms with Crippen LogP contribution in [0.25, 0.3) is 33.8 Å². The molecule has 2 aromatic heterocycles. The van der Waals surface area contributed by atoms with Gasteiger partial charge < -0.3 is 24.8 Å². The molecule has 2 aliphatic rings. The number of amides is 1. The van der Waals surface area contributed by atoms with Gasteiger partial charge in [-0.05, 0) is 38.1 Å². The van der Waals surface area contributed by atoms with E-state index in [0.717, 1.165) is 6.07 Å². The van der Waals surface area contributed by atoms with Crippen LogP contribution in [-0.2, 0) is 11.3 Å². The summed E-state index contributed by atoms with van der Waals surface area (Å²) in [5, 5.41) is 4.88. The average molecular weight is 574 g/mol. The van der Waals surface area contributed by atoms with Crippen LogP contribution in [0.5, 0.6) is 11.5 Å². The topological polar surface area (TPSA) is 105 Å². The van der Waals surface area contributed by atoms with Crippen molar-refractivity contribution in [3.8, 4) is 39.6 Å². The first kappa shape index (κ1) is 27.4. The molecule has 1 saturated heterocycles. The quantitative estimate of drug-likeness (QED) is 0.348. The van der Waals surface area contributed by atoms with Gasteiger partial charge >= 0.3 is 0 Å². The molecule has 1 amide bonds. The number of methoxy groups -OCH3 is 1. The third kappa shape index (κ3) is 4.65. The van der Waals surface area contributed by atoms with Crippen molar-refractivity contribution in [2.45, 2.75) is 26.0 Å². The van der Waals surface area contributed by atoms with Gasteiger partial charge in [0.2, 0.25) is 5.91 Å². The lowest BCUT2D eigenvalue weighted by molar-refractivity contribution is -0.0203. The number of hydrogen-bond donors (Lipinski definition) is 1. The third-order valence-electron chi connectivity index (χ3n) is 7.58. The standard InChI is InChI=1S/C31H29F2N5O4/c1-17(37-5-6-41-16-31(37,2)3)28-25-15-42-27-12-26(40-4)23(18-7-19(30(34)39)14-35-13-18)11-24(27)29(25)38(36-28)22-9-20(32)8-21(33)10-22/h7-14H,1,5-6,15-16H2,2-4H3,(H2,34,39). The molecule has 1 fully saturated rings. The molecule has 4 heterocycles. The number of carbonyl (C=O) groups excluding carboxylic acids is 1. The average Bonchev–Trinajstić information content (AvgIpc) is 3.36. The zero-order valence-corrected chi connectivity index (χ0v) is 23.4. The van der Waals surface area contributed by atoms with Crippen molar-refractivity contribution in [1.82, 2.24) is 19.7 Å². The molecule has 2 N–H and O–H groups in total. The maximum Gasteiger partial charge on any atom is 0.250 e. The first-order chi connectivity index (χ1) is 20.1. The summed E-state index contributed by atoms with van der Waals surface area (Å²) in [6.07, 6.45) is 2.98. The van der Waals surface area contributed by atoms with E-state index in [1.165, 1.54) is 30.1 Å². The Morgan fingerprint density at radius 3 is 2.55 bits per heavy atom. The fourth-order valence-electron chi connectivity index (χ4n) is 5.56. The second-order valence-corrected chi connectivity index (χ2v) is 10.8. The van der Waals surface area contributed by atoms with Crippen molar-refractivity contribution < 1.29 is 27.8 Å². The largest absolute Gasteiger partial charge is 0.496 e. The van der Waals surface area contributed by atoms with Crippen LogP contribution in [0.2, 0.25) is 0 Å². The zero-order chi connectivity index (χ0) is 29.8. The number of rotatable bonds is 6. The number of pyridine rings is 1. The van der Waals surface area contributed by atoms with E-state index in [-0.39, 0.29) is 23.4 Å². The molecular formula is C31H29F2N5O4. The smallest absolute Gasteiger partial charge is 0.250 e. The van der Waals surface area contributed by atoms with Crippen LogP contribution in [-0.4, -0.2) is 58.0 Å². The Kier molecular flexibility index (Phi) is 6.69. The first-order valence-electron chi connectivity index (χ1n) is 13.3. The molecule has 2 aromatic carbocycles. The van der Waals surface area contributed by atoms with Gasteiger partial charge in [0.25, 0.3) is 0 Å². The Morgan fingerprint density at radius 1 is 1.10 bits per heavy atom. The van der Waals surface area contributed by atoms with E-state index < -0.39 is 17.5 Å². The maximum absolute atomic E-state index is 14.5. The van der Waals surface area contributed by atoms with Gasteiger partial charge in [0, 0.05) is 53.3 Å². The molecule has 0 atom stereocenters. The van der Waals surface area contributed by atoms with Crippen molar-refractivity contribution in [2.75, 3.05) is 26.9 Å². The molecule has 42 heavy (non-hydrogen) atoms.